The molecule has 1 aromatic heterocycles. The summed E-state index contributed by atoms with van der Waals surface area (Å²) >= 11 is 4.89. The molecule has 1 N–H and O–H groups in total. The molecule has 0 unspecified atom stereocenters. The van der Waals surface area contributed by atoms with E-state index < -0.39 is 11.6 Å². The summed E-state index contributed by atoms with van der Waals surface area (Å²) in [5.41, 5.74) is 0.459. The number of benzene rings is 1. The average Bonchev–Trinajstić information content (AvgIpc) is 2.22. The van der Waals surface area contributed by atoms with Gasteiger partial charge in [-0.05, 0) is 24.3 Å². The normalized spacial score (nSPS) is 10.3. The fourth-order valence-electron chi connectivity index (χ4n) is 1.16. The Morgan fingerprint density at radius 3 is 2.60 bits per heavy atom. The Balaban J connectivity index is 2.55. The fourth-order valence-corrected chi connectivity index (χ4v) is 1.32. The van der Waals surface area contributed by atoms with E-state index in [1.54, 1.807) is 6.07 Å². The number of H-pyrrole nitrogens is 1. The highest BCUT2D eigenvalue weighted by Crippen LogP contribution is 2.17. The third-order valence-corrected chi connectivity index (χ3v) is 2.10. The molecule has 0 atom stereocenters. The molecule has 0 saturated heterocycles. The summed E-state index contributed by atoms with van der Waals surface area (Å²) in [7, 11) is 0. The van der Waals surface area contributed by atoms with E-state index >= 15 is 0 Å². The van der Waals surface area contributed by atoms with Gasteiger partial charge in [0.15, 0.2) is 11.6 Å². The lowest BCUT2D eigenvalue weighted by Gasteiger charge is -2.00. The van der Waals surface area contributed by atoms with Crippen molar-refractivity contribution in [3.63, 3.8) is 0 Å². The minimum atomic E-state index is -0.905. The lowest BCUT2D eigenvalue weighted by Crippen LogP contribution is -1.90. The first-order chi connectivity index (χ1) is 7.16. The molecule has 0 bridgehead atoms. The number of nitrogens with zero attached hydrogens (tertiary/aromatic N) is 1. The van der Waals surface area contributed by atoms with Crippen LogP contribution in [0.4, 0.5) is 8.78 Å². The zero-order chi connectivity index (χ0) is 10.8. The smallest absolute Gasteiger partial charge is 0.159 e. The largest absolute Gasteiger partial charge is 0.331 e. The second-order valence-electron chi connectivity index (χ2n) is 2.91. The van der Waals surface area contributed by atoms with Gasteiger partial charge in [-0.2, -0.15) is 0 Å². The van der Waals surface area contributed by atoms with E-state index in [1.807, 2.05) is 0 Å². The molecule has 1 aromatic carbocycles. The van der Waals surface area contributed by atoms with Crippen LogP contribution in [0.3, 0.4) is 0 Å². The maximum absolute atomic E-state index is 12.9. The second kappa shape index (κ2) is 3.86. The van der Waals surface area contributed by atoms with Crippen molar-refractivity contribution in [1.82, 2.24) is 9.97 Å². The SMILES string of the molecule is Fc1ccc(-c2nccc(=S)[nH]2)cc1F. The monoisotopic (exact) mass is 224 g/mol. The molecule has 0 radical (unpaired) electrons. The summed E-state index contributed by atoms with van der Waals surface area (Å²) in [5.74, 6) is -1.37. The molecule has 76 valence electrons. The molecule has 0 aliphatic heterocycles. The average molecular weight is 224 g/mol. The van der Waals surface area contributed by atoms with Gasteiger partial charge in [0.1, 0.15) is 10.5 Å². The maximum atomic E-state index is 12.9. The number of halogens is 2. The molecule has 2 nitrogen and oxygen atoms in total. The molecule has 0 fully saturated rings. The number of hydrogen-bond donors (Lipinski definition) is 1. The van der Waals surface area contributed by atoms with Gasteiger partial charge in [-0.15, -0.1) is 0 Å². The highest BCUT2D eigenvalue weighted by molar-refractivity contribution is 7.71. The topological polar surface area (TPSA) is 28.7 Å². The van der Waals surface area contributed by atoms with E-state index in [0.29, 0.717) is 16.0 Å². The first kappa shape index (κ1) is 9.92. The predicted octanol–water partition coefficient (Wildman–Crippen LogP) is 3.08. The van der Waals surface area contributed by atoms with Crippen molar-refractivity contribution < 1.29 is 8.78 Å². The molecular formula is C10H6F2N2S. The van der Waals surface area contributed by atoms with Gasteiger partial charge in [0, 0.05) is 11.8 Å². The second-order valence-corrected chi connectivity index (χ2v) is 3.35. The zero-order valence-corrected chi connectivity index (χ0v) is 8.31. The van der Waals surface area contributed by atoms with E-state index in [-0.39, 0.29) is 0 Å². The molecule has 5 heteroatoms. The lowest BCUT2D eigenvalue weighted by molar-refractivity contribution is 0.509. The number of aromatic nitrogens is 2. The van der Waals surface area contributed by atoms with E-state index in [2.05, 4.69) is 9.97 Å². The Bertz CT molecular complexity index is 551. The van der Waals surface area contributed by atoms with Crippen LogP contribution in [-0.2, 0) is 0 Å². The van der Waals surface area contributed by atoms with Crippen molar-refractivity contribution in [2.24, 2.45) is 0 Å². The van der Waals surface area contributed by atoms with Crippen LogP contribution < -0.4 is 0 Å². The molecule has 2 rings (SSSR count). The van der Waals surface area contributed by atoms with Crippen LogP contribution in [0.15, 0.2) is 30.5 Å². The highest BCUT2D eigenvalue weighted by atomic mass is 32.1. The van der Waals surface area contributed by atoms with Gasteiger partial charge >= 0.3 is 0 Å². The fraction of sp³-hybridized carbons (Fsp3) is 0. The number of rotatable bonds is 1. The van der Waals surface area contributed by atoms with Crippen LogP contribution in [0.5, 0.6) is 0 Å². The summed E-state index contributed by atoms with van der Waals surface area (Å²) in [5, 5.41) is 0. The molecule has 1 heterocycles. The van der Waals surface area contributed by atoms with Crippen molar-refractivity contribution in [2.45, 2.75) is 0 Å². The molecule has 0 spiro atoms. The number of aromatic amines is 1. The van der Waals surface area contributed by atoms with Gasteiger partial charge in [-0.3, -0.25) is 0 Å². The van der Waals surface area contributed by atoms with E-state index in [9.17, 15) is 8.78 Å². The van der Waals surface area contributed by atoms with E-state index in [4.69, 9.17) is 12.2 Å². The third kappa shape index (κ3) is 2.07. The quantitative estimate of drug-likeness (QED) is 0.754. The van der Waals surface area contributed by atoms with Crippen LogP contribution in [0.2, 0.25) is 0 Å². The van der Waals surface area contributed by atoms with E-state index in [0.717, 1.165) is 12.1 Å². The van der Waals surface area contributed by atoms with Crippen LogP contribution in [0, 0.1) is 16.3 Å². The molecular weight excluding hydrogens is 218 g/mol. The Hall–Kier alpha value is -1.62. The molecule has 2 aromatic rings. The van der Waals surface area contributed by atoms with Crippen LogP contribution in [-0.4, -0.2) is 9.97 Å². The zero-order valence-electron chi connectivity index (χ0n) is 7.50. The first-order valence-corrected chi connectivity index (χ1v) is 4.58. The van der Waals surface area contributed by atoms with Gasteiger partial charge in [0.25, 0.3) is 0 Å². The maximum Gasteiger partial charge on any atom is 0.159 e. The van der Waals surface area contributed by atoms with Crippen LogP contribution >= 0.6 is 12.2 Å². The minimum absolute atomic E-state index is 0.418. The minimum Gasteiger partial charge on any atom is -0.331 e. The van der Waals surface area contributed by atoms with Gasteiger partial charge in [0.2, 0.25) is 0 Å². The summed E-state index contributed by atoms with van der Waals surface area (Å²) in [6, 6.07) is 5.17. The van der Waals surface area contributed by atoms with E-state index in [1.165, 1.54) is 12.3 Å². The molecule has 0 aliphatic carbocycles. The third-order valence-electron chi connectivity index (χ3n) is 1.86. The molecule has 15 heavy (non-hydrogen) atoms. The number of hydrogen-bond acceptors (Lipinski definition) is 2. The molecule has 0 amide bonds. The number of nitrogens with one attached hydrogen (secondary N) is 1. The van der Waals surface area contributed by atoms with Crippen molar-refractivity contribution in [3.05, 3.63) is 46.7 Å². The summed E-state index contributed by atoms with van der Waals surface area (Å²) < 4.78 is 26.1. The van der Waals surface area contributed by atoms with Crippen molar-refractivity contribution in [3.8, 4) is 11.4 Å². The highest BCUT2D eigenvalue weighted by Gasteiger charge is 2.05. The standard InChI is InChI=1S/C10H6F2N2S/c11-7-2-1-6(5-8(7)12)10-13-4-3-9(15)14-10/h1-5H,(H,13,14,15). The lowest BCUT2D eigenvalue weighted by atomic mass is 10.2. The van der Waals surface area contributed by atoms with Crippen molar-refractivity contribution >= 4 is 12.2 Å². The van der Waals surface area contributed by atoms with Crippen LogP contribution in [0.25, 0.3) is 11.4 Å². The summed E-state index contributed by atoms with van der Waals surface area (Å²) in [6.07, 6.45) is 1.51. The van der Waals surface area contributed by atoms with Gasteiger partial charge in [-0.25, -0.2) is 13.8 Å². The Kier molecular flexibility index (Phi) is 2.55. The predicted molar refractivity (Wildman–Crippen MR) is 54.8 cm³/mol. The first-order valence-electron chi connectivity index (χ1n) is 4.17. The molecule has 0 saturated carbocycles. The van der Waals surface area contributed by atoms with Crippen LogP contribution in [0.1, 0.15) is 0 Å². The summed E-state index contributed by atoms with van der Waals surface area (Å²) in [4.78, 5) is 6.75. The summed E-state index contributed by atoms with van der Waals surface area (Å²) in [6.45, 7) is 0. The van der Waals surface area contributed by atoms with Gasteiger partial charge < -0.3 is 4.98 Å². The van der Waals surface area contributed by atoms with Crippen molar-refractivity contribution in [1.29, 1.82) is 0 Å². The van der Waals surface area contributed by atoms with Gasteiger partial charge in [0.05, 0.1) is 0 Å². The molecule has 0 aliphatic rings. The Morgan fingerprint density at radius 2 is 1.93 bits per heavy atom. The Labute approximate surface area is 89.6 Å². The Morgan fingerprint density at radius 1 is 1.13 bits per heavy atom. The van der Waals surface area contributed by atoms with Crippen molar-refractivity contribution in [2.75, 3.05) is 0 Å². The van der Waals surface area contributed by atoms with Gasteiger partial charge in [-0.1, -0.05) is 12.2 Å².